The summed E-state index contributed by atoms with van der Waals surface area (Å²) in [6.45, 7) is 5.91. The summed E-state index contributed by atoms with van der Waals surface area (Å²) in [6, 6.07) is 7.81. The number of amides is 1. The first-order valence-corrected chi connectivity index (χ1v) is 13.7. The van der Waals surface area contributed by atoms with Gasteiger partial charge in [0.25, 0.3) is 0 Å². The van der Waals surface area contributed by atoms with Crippen LogP contribution in [0, 0.1) is 5.41 Å². The number of aromatic nitrogens is 3. The van der Waals surface area contributed by atoms with E-state index in [0.29, 0.717) is 12.8 Å². The van der Waals surface area contributed by atoms with Crippen molar-refractivity contribution in [1.29, 1.82) is 0 Å². The molecule has 1 aromatic carbocycles. The molecule has 5 rings (SSSR count). The zero-order chi connectivity index (χ0) is 25.7. The Morgan fingerprint density at radius 1 is 1.14 bits per heavy atom. The van der Waals surface area contributed by atoms with E-state index in [-0.39, 0.29) is 18.9 Å². The van der Waals surface area contributed by atoms with E-state index >= 15 is 0 Å². The van der Waals surface area contributed by atoms with Gasteiger partial charge in [-0.15, -0.1) is 11.3 Å². The Morgan fingerprint density at radius 2 is 1.95 bits per heavy atom. The molecular weight excluding hydrogens is 490 g/mol. The van der Waals surface area contributed by atoms with Crippen LogP contribution in [0.25, 0.3) is 11.3 Å². The van der Waals surface area contributed by atoms with Gasteiger partial charge in [-0.2, -0.15) is 5.10 Å². The number of ether oxygens (including phenoxy) is 1. The third-order valence-electron chi connectivity index (χ3n) is 7.20. The highest BCUT2D eigenvalue weighted by molar-refractivity contribution is 7.09. The van der Waals surface area contributed by atoms with Crippen LogP contribution in [0.1, 0.15) is 35.4 Å². The fraction of sp³-hybridized carbons (Fsp3) is 0.481. The zero-order valence-electron chi connectivity index (χ0n) is 20.9. The van der Waals surface area contributed by atoms with Crippen LogP contribution >= 0.6 is 11.3 Å². The molecule has 0 spiro atoms. The van der Waals surface area contributed by atoms with Crippen molar-refractivity contribution in [2.45, 2.75) is 45.2 Å². The highest BCUT2D eigenvalue weighted by atomic mass is 32.1. The van der Waals surface area contributed by atoms with Gasteiger partial charge in [-0.25, -0.2) is 4.98 Å². The molecule has 0 atom stereocenters. The second kappa shape index (κ2) is 11.5. The number of nitrogens with zero attached hydrogens (tertiary/aromatic N) is 4. The van der Waals surface area contributed by atoms with Crippen molar-refractivity contribution >= 4 is 23.2 Å². The molecule has 1 aliphatic heterocycles. The Kier molecular flexibility index (Phi) is 7.97. The lowest BCUT2D eigenvalue weighted by Gasteiger charge is -2.25. The van der Waals surface area contributed by atoms with Crippen molar-refractivity contribution in [2.75, 3.05) is 32.8 Å². The highest BCUT2D eigenvalue weighted by Crippen LogP contribution is 2.40. The largest absolute Gasteiger partial charge is 0.481 e. The van der Waals surface area contributed by atoms with Gasteiger partial charge < -0.3 is 20.1 Å². The molecule has 10 heteroatoms. The first-order valence-electron chi connectivity index (χ1n) is 12.8. The number of carboxylic acids is 1. The second-order valence-corrected chi connectivity index (χ2v) is 10.9. The molecule has 2 aliphatic rings. The number of carbonyl (C=O) groups is 2. The molecule has 1 amide bonds. The third-order valence-corrected chi connectivity index (χ3v) is 8.05. The molecule has 1 saturated heterocycles. The van der Waals surface area contributed by atoms with Gasteiger partial charge in [-0.1, -0.05) is 24.3 Å². The standard InChI is InChI=1S/C27H33N5O4S/c33-25(34)15-27(13-20-5-1-2-6-21(20)14-27)26(35)28-17-24-30-23(19-37-24)22-16-29-32(18-22)9-3-7-31-8-4-11-36-12-10-31/h1-2,5-6,16,18-19H,3-4,7-15,17H2,(H,28,35)(H,33,34). The number of hydrogen-bond donors (Lipinski definition) is 2. The number of rotatable bonds is 10. The highest BCUT2D eigenvalue weighted by Gasteiger charge is 2.45. The van der Waals surface area contributed by atoms with Crippen LogP contribution in [-0.4, -0.2) is 69.5 Å². The maximum absolute atomic E-state index is 13.2. The first-order chi connectivity index (χ1) is 18.0. The Morgan fingerprint density at radius 3 is 2.73 bits per heavy atom. The summed E-state index contributed by atoms with van der Waals surface area (Å²) in [4.78, 5) is 32.0. The van der Waals surface area contributed by atoms with Crippen molar-refractivity contribution < 1.29 is 19.4 Å². The van der Waals surface area contributed by atoms with Crippen LogP contribution < -0.4 is 5.32 Å². The number of carboxylic acid groups (broad SMARTS) is 1. The normalized spacial score (nSPS) is 17.3. The lowest BCUT2D eigenvalue weighted by atomic mass is 9.80. The smallest absolute Gasteiger partial charge is 0.304 e. The van der Waals surface area contributed by atoms with Crippen LogP contribution in [0.3, 0.4) is 0 Å². The second-order valence-electron chi connectivity index (χ2n) is 9.94. The van der Waals surface area contributed by atoms with Gasteiger partial charge in [0.15, 0.2) is 0 Å². The summed E-state index contributed by atoms with van der Waals surface area (Å²) < 4.78 is 7.48. The predicted octanol–water partition coefficient (Wildman–Crippen LogP) is 3.00. The lowest BCUT2D eigenvalue weighted by Crippen LogP contribution is -2.43. The van der Waals surface area contributed by atoms with E-state index in [0.717, 1.165) is 79.6 Å². The average Bonchev–Trinajstić information content (AvgIpc) is 3.57. The van der Waals surface area contributed by atoms with Gasteiger partial charge in [-0.3, -0.25) is 14.3 Å². The van der Waals surface area contributed by atoms with Crippen molar-refractivity contribution in [1.82, 2.24) is 25.0 Å². The van der Waals surface area contributed by atoms with Gasteiger partial charge in [0, 0.05) is 43.4 Å². The van der Waals surface area contributed by atoms with Gasteiger partial charge in [-0.05, 0) is 43.4 Å². The minimum atomic E-state index is -0.961. The Balaban J connectivity index is 1.15. The number of carbonyl (C=O) groups excluding carboxylic acids is 1. The van der Waals surface area contributed by atoms with E-state index in [1.54, 1.807) is 0 Å². The SMILES string of the molecule is O=C(O)CC1(C(=O)NCc2nc(-c3cnn(CCCN4CCCOCC4)c3)cs2)Cc2ccccc2C1. The number of fused-ring (bicyclic) bond motifs is 1. The fourth-order valence-electron chi connectivity index (χ4n) is 5.31. The maximum Gasteiger partial charge on any atom is 0.304 e. The molecule has 2 N–H and O–H groups in total. The van der Waals surface area contributed by atoms with E-state index in [4.69, 9.17) is 9.72 Å². The molecule has 0 saturated carbocycles. The predicted molar refractivity (Wildman–Crippen MR) is 140 cm³/mol. The van der Waals surface area contributed by atoms with Gasteiger partial charge >= 0.3 is 5.97 Å². The van der Waals surface area contributed by atoms with E-state index < -0.39 is 11.4 Å². The molecular formula is C27H33N5O4S. The molecule has 3 aromatic rings. The number of aliphatic carboxylic acids is 1. The quantitative estimate of drug-likeness (QED) is 0.420. The molecule has 0 radical (unpaired) electrons. The molecule has 1 fully saturated rings. The molecule has 3 heterocycles. The summed E-state index contributed by atoms with van der Waals surface area (Å²) in [5.74, 6) is -1.19. The molecule has 9 nitrogen and oxygen atoms in total. The van der Waals surface area contributed by atoms with Crippen LogP contribution in [0.15, 0.2) is 42.0 Å². The summed E-state index contributed by atoms with van der Waals surface area (Å²) in [7, 11) is 0. The van der Waals surface area contributed by atoms with Crippen molar-refractivity contribution in [2.24, 2.45) is 5.41 Å². The van der Waals surface area contributed by atoms with E-state index in [2.05, 4.69) is 15.3 Å². The first kappa shape index (κ1) is 25.6. The van der Waals surface area contributed by atoms with Crippen molar-refractivity contribution in [3.63, 3.8) is 0 Å². The number of nitrogens with one attached hydrogen (secondary N) is 1. The summed E-state index contributed by atoms with van der Waals surface area (Å²) in [6.07, 6.45) is 6.64. The topological polar surface area (TPSA) is 110 Å². The number of aryl methyl sites for hydroxylation is 1. The Labute approximate surface area is 220 Å². The monoisotopic (exact) mass is 523 g/mol. The average molecular weight is 524 g/mol. The molecule has 0 bridgehead atoms. The van der Waals surface area contributed by atoms with Crippen molar-refractivity contribution in [3.05, 3.63) is 58.2 Å². The minimum Gasteiger partial charge on any atom is -0.481 e. The molecule has 1 aliphatic carbocycles. The Bertz CT molecular complexity index is 1210. The maximum atomic E-state index is 13.2. The van der Waals surface area contributed by atoms with Crippen LogP contribution in [0.2, 0.25) is 0 Å². The number of benzene rings is 1. The fourth-order valence-corrected chi connectivity index (χ4v) is 6.06. The summed E-state index contributed by atoms with van der Waals surface area (Å²) in [5, 5.41) is 19.7. The Hall–Kier alpha value is -3.08. The van der Waals surface area contributed by atoms with Gasteiger partial charge in [0.1, 0.15) is 5.01 Å². The van der Waals surface area contributed by atoms with Crippen LogP contribution in [-0.2, 0) is 40.3 Å². The number of hydrogen-bond acceptors (Lipinski definition) is 7. The molecule has 196 valence electrons. The summed E-state index contributed by atoms with van der Waals surface area (Å²) in [5.41, 5.74) is 2.92. The number of thiazole rings is 1. The minimum absolute atomic E-state index is 0.193. The van der Waals surface area contributed by atoms with Gasteiger partial charge in [0.05, 0.1) is 36.9 Å². The zero-order valence-corrected chi connectivity index (χ0v) is 21.7. The van der Waals surface area contributed by atoms with Crippen LogP contribution in [0.5, 0.6) is 0 Å². The van der Waals surface area contributed by atoms with E-state index in [1.807, 2.05) is 46.7 Å². The summed E-state index contributed by atoms with van der Waals surface area (Å²) >= 11 is 1.48. The molecule has 2 aromatic heterocycles. The van der Waals surface area contributed by atoms with Crippen molar-refractivity contribution in [3.8, 4) is 11.3 Å². The third kappa shape index (κ3) is 6.26. The van der Waals surface area contributed by atoms with E-state index in [9.17, 15) is 14.7 Å². The molecule has 0 unspecified atom stereocenters. The molecule has 37 heavy (non-hydrogen) atoms. The lowest BCUT2D eigenvalue weighted by molar-refractivity contribution is -0.145. The van der Waals surface area contributed by atoms with Crippen LogP contribution in [0.4, 0.5) is 0 Å². The van der Waals surface area contributed by atoms with E-state index in [1.165, 1.54) is 11.3 Å². The van der Waals surface area contributed by atoms with Gasteiger partial charge in [0.2, 0.25) is 5.91 Å².